The van der Waals surface area contributed by atoms with Gasteiger partial charge in [0.25, 0.3) is 0 Å². The molecule has 0 radical (unpaired) electrons. The van der Waals surface area contributed by atoms with Crippen LogP contribution >= 0.6 is 15.9 Å². The first kappa shape index (κ1) is 16.1. The van der Waals surface area contributed by atoms with E-state index in [1.807, 2.05) is 20.8 Å². The molecule has 1 aliphatic heterocycles. The molecule has 0 saturated carbocycles. The van der Waals surface area contributed by atoms with E-state index in [0.29, 0.717) is 17.6 Å². The highest BCUT2D eigenvalue weighted by Crippen LogP contribution is 2.27. The molecule has 1 aromatic rings. The molecular formula is C15H21BrN2O3. The minimum Gasteiger partial charge on any atom is -0.444 e. The lowest BCUT2D eigenvalue weighted by molar-refractivity contribution is 0.0204. The van der Waals surface area contributed by atoms with Gasteiger partial charge in [-0.15, -0.1) is 0 Å². The van der Waals surface area contributed by atoms with Crippen molar-refractivity contribution in [2.24, 2.45) is 0 Å². The molecule has 0 atom stereocenters. The fraction of sp³-hybridized carbons (Fsp3) is 0.600. The lowest BCUT2D eigenvalue weighted by Gasteiger charge is -2.33. The van der Waals surface area contributed by atoms with Crippen LogP contribution in [0.4, 0.5) is 4.79 Å². The third-order valence-corrected chi connectivity index (χ3v) is 4.09. The average molecular weight is 357 g/mol. The van der Waals surface area contributed by atoms with Gasteiger partial charge in [0.1, 0.15) is 5.60 Å². The SMILES string of the molecule is CC(C)(C)OC(=O)N1CCC(c2cc(=O)c(Br)c[nH]2)CC1. The maximum Gasteiger partial charge on any atom is 0.410 e. The lowest BCUT2D eigenvalue weighted by Crippen LogP contribution is -2.41. The van der Waals surface area contributed by atoms with Crippen LogP contribution < -0.4 is 5.43 Å². The highest BCUT2D eigenvalue weighted by Gasteiger charge is 2.27. The van der Waals surface area contributed by atoms with Gasteiger partial charge in [-0.3, -0.25) is 4.79 Å². The molecule has 1 aliphatic rings. The molecular weight excluding hydrogens is 336 g/mol. The molecule has 1 N–H and O–H groups in total. The predicted octanol–water partition coefficient (Wildman–Crippen LogP) is 3.25. The maximum atomic E-state index is 12.0. The number of likely N-dealkylation sites (tertiary alicyclic amines) is 1. The number of aromatic amines is 1. The van der Waals surface area contributed by atoms with Crippen LogP contribution in [0.15, 0.2) is 21.5 Å². The second-order valence-electron chi connectivity index (χ2n) is 6.34. The van der Waals surface area contributed by atoms with Gasteiger partial charge in [0.05, 0.1) is 4.47 Å². The number of hydrogen-bond acceptors (Lipinski definition) is 3. The minimum absolute atomic E-state index is 0.0154. The Balaban J connectivity index is 1.95. The summed E-state index contributed by atoms with van der Waals surface area (Å²) >= 11 is 3.20. The van der Waals surface area contributed by atoms with Crippen molar-refractivity contribution in [3.05, 3.63) is 32.7 Å². The van der Waals surface area contributed by atoms with Crippen LogP contribution in [0.2, 0.25) is 0 Å². The Morgan fingerprint density at radius 2 is 2.00 bits per heavy atom. The van der Waals surface area contributed by atoms with Crippen LogP contribution in [0, 0.1) is 0 Å². The molecule has 1 aromatic heterocycles. The number of piperidine rings is 1. The van der Waals surface area contributed by atoms with Crippen molar-refractivity contribution in [3.8, 4) is 0 Å². The molecule has 1 saturated heterocycles. The number of halogens is 1. The largest absolute Gasteiger partial charge is 0.444 e. The van der Waals surface area contributed by atoms with Gasteiger partial charge in [0.2, 0.25) is 0 Å². The number of amides is 1. The third-order valence-electron chi connectivity index (χ3n) is 3.47. The Morgan fingerprint density at radius 1 is 1.38 bits per heavy atom. The van der Waals surface area contributed by atoms with E-state index < -0.39 is 5.60 Å². The number of nitrogens with zero attached hydrogens (tertiary/aromatic N) is 1. The molecule has 21 heavy (non-hydrogen) atoms. The zero-order valence-electron chi connectivity index (χ0n) is 12.6. The second-order valence-corrected chi connectivity index (χ2v) is 7.20. The van der Waals surface area contributed by atoms with E-state index in [2.05, 4.69) is 20.9 Å². The molecule has 1 fully saturated rings. The van der Waals surface area contributed by atoms with E-state index in [4.69, 9.17) is 4.74 Å². The van der Waals surface area contributed by atoms with E-state index >= 15 is 0 Å². The Bertz CT molecular complexity index is 569. The normalized spacial score (nSPS) is 16.9. The number of ether oxygens (including phenoxy) is 1. The zero-order chi connectivity index (χ0) is 15.6. The number of carbonyl (C=O) groups excluding carboxylic acids is 1. The predicted molar refractivity (Wildman–Crippen MR) is 84.5 cm³/mol. The maximum absolute atomic E-state index is 12.0. The molecule has 0 unspecified atom stereocenters. The molecule has 1 amide bonds. The topological polar surface area (TPSA) is 62.4 Å². The Hall–Kier alpha value is -1.30. The standard InChI is InChI=1S/C15H21BrN2O3/c1-15(2,3)21-14(20)18-6-4-10(5-7-18)12-8-13(19)11(16)9-17-12/h8-10H,4-7H2,1-3H3,(H,17,19). The van der Waals surface area contributed by atoms with E-state index in [9.17, 15) is 9.59 Å². The third kappa shape index (κ3) is 4.33. The van der Waals surface area contributed by atoms with Crippen molar-refractivity contribution < 1.29 is 9.53 Å². The number of aromatic nitrogens is 1. The quantitative estimate of drug-likeness (QED) is 0.839. The van der Waals surface area contributed by atoms with Crippen LogP contribution in [0.25, 0.3) is 0 Å². The highest BCUT2D eigenvalue weighted by atomic mass is 79.9. The van der Waals surface area contributed by atoms with Crippen molar-refractivity contribution in [2.75, 3.05) is 13.1 Å². The van der Waals surface area contributed by atoms with Crippen molar-refractivity contribution in [3.63, 3.8) is 0 Å². The molecule has 2 rings (SSSR count). The fourth-order valence-electron chi connectivity index (χ4n) is 2.40. The Labute approximate surface area is 132 Å². The molecule has 0 spiro atoms. The van der Waals surface area contributed by atoms with Gasteiger partial charge in [-0.2, -0.15) is 0 Å². The lowest BCUT2D eigenvalue weighted by atomic mass is 9.93. The summed E-state index contributed by atoms with van der Waals surface area (Å²) in [5.74, 6) is 0.282. The molecule has 5 nitrogen and oxygen atoms in total. The summed E-state index contributed by atoms with van der Waals surface area (Å²) in [6.45, 7) is 6.90. The average Bonchev–Trinajstić information content (AvgIpc) is 2.40. The van der Waals surface area contributed by atoms with Crippen LogP contribution in [-0.4, -0.2) is 34.7 Å². The van der Waals surface area contributed by atoms with Crippen LogP contribution in [0.5, 0.6) is 0 Å². The molecule has 6 heteroatoms. The molecule has 0 aromatic carbocycles. The van der Waals surface area contributed by atoms with Crippen LogP contribution in [-0.2, 0) is 4.74 Å². The first-order valence-corrected chi connectivity index (χ1v) is 7.91. The Morgan fingerprint density at radius 3 is 2.52 bits per heavy atom. The zero-order valence-corrected chi connectivity index (χ0v) is 14.2. The summed E-state index contributed by atoms with van der Waals surface area (Å²) < 4.78 is 5.92. The van der Waals surface area contributed by atoms with E-state index in [1.165, 1.54) is 0 Å². The van der Waals surface area contributed by atoms with E-state index in [0.717, 1.165) is 18.5 Å². The first-order chi connectivity index (χ1) is 9.76. The van der Waals surface area contributed by atoms with Gasteiger partial charge in [-0.1, -0.05) is 0 Å². The summed E-state index contributed by atoms with van der Waals surface area (Å²) in [6.07, 6.45) is 3.08. The monoisotopic (exact) mass is 356 g/mol. The fourth-order valence-corrected chi connectivity index (χ4v) is 2.63. The number of pyridine rings is 1. The molecule has 116 valence electrons. The van der Waals surface area contributed by atoms with E-state index in [-0.39, 0.29) is 17.4 Å². The summed E-state index contributed by atoms with van der Waals surface area (Å²) in [7, 11) is 0. The molecule has 0 bridgehead atoms. The molecule has 0 aliphatic carbocycles. The van der Waals surface area contributed by atoms with Gasteiger partial charge in [-0.05, 0) is 49.5 Å². The van der Waals surface area contributed by atoms with Crippen molar-refractivity contribution in [1.82, 2.24) is 9.88 Å². The van der Waals surface area contributed by atoms with Gasteiger partial charge >= 0.3 is 6.09 Å². The number of hydrogen-bond donors (Lipinski definition) is 1. The minimum atomic E-state index is -0.467. The smallest absolute Gasteiger partial charge is 0.410 e. The van der Waals surface area contributed by atoms with Gasteiger partial charge in [0.15, 0.2) is 5.43 Å². The summed E-state index contributed by atoms with van der Waals surface area (Å²) in [5, 5.41) is 0. The van der Waals surface area contributed by atoms with Crippen molar-refractivity contribution >= 4 is 22.0 Å². The van der Waals surface area contributed by atoms with Crippen LogP contribution in [0.1, 0.15) is 45.2 Å². The summed E-state index contributed by atoms with van der Waals surface area (Å²) in [4.78, 5) is 28.5. The van der Waals surface area contributed by atoms with Gasteiger partial charge in [0, 0.05) is 37.0 Å². The summed E-state index contributed by atoms with van der Waals surface area (Å²) in [6, 6.07) is 1.64. The molecule has 2 heterocycles. The van der Waals surface area contributed by atoms with Gasteiger partial charge < -0.3 is 14.6 Å². The highest BCUT2D eigenvalue weighted by molar-refractivity contribution is 9.10. The van der Waals surface area contributed by atoms with Crippen molar-refractivity contribution in [1.29, 1.82) is 0 Å². The number of H-pyrrole nitrogens is 1. The van der Waals surface area contributed by atoms with Crippen LogP contribution in [0.3, 0.4) is 0 Å². The van der Waals surface area contributed by atoms with E-state index in [1.54, 1.807) is 17.2 Å². The van der Waals surface area contributed by atoms with Crippen molar-refractivity contribution in [2.45, 2.75) is 45.1 Å². The second kappa shape index (κ2) is 6.22. The number of rotatable bonds is 1. The summed E-state index contributed by atoms with van der Waals surface area (Å²) in [5.41, 5.74) is 0.454. The number of nitrogens with one attached hydrogen (secondary N) is 1. The Kier molecular flexibility index (Phi) is 4.76. The first-order valence-electron chi connectivity index (χ1n) is 7.12. The number of carbonyl (C=O) groups is 1. The van der Waals surface area contributed by atoms with Gasteiger partial charge in [-0.25, -0.2) is 4.79 Å².